The largest absolute Gasteiger partial charge is 0.379 e. The zero-order valence-electron chi connectivity index (χ0n) is 12.6. The minimum absolute atomic E-state index is 0.190. The molecule has 1 aromatic carbocycles. The second-order valence-electron chi connectivity index (χ2n) is 5.24. The average molecular weight is 306 g/mol. The van der Waals surface area contributed by atoms with Crippen LogP contribution in [0.2, 0.25) is 5.02 Å². The third-order valence-corrected chi connectivity index (χ3v) is 3.90. The van der Waals surface area contributed by atoms with Crippen molar-refractivity contribution in [3.05, 3.63) is 57.0 Å². The van der Waals surface area contributed by atoms with Gasteiger partial charge in [-0.3, -0.25) is 4.79 Å². The van der Waals surface area contributed by atoms with Crippen LogP contribution in [-0.2, 0) is 13.5 Å². The normalized spacial score (nSPS) is 12.2. The maximum atomic E-state index is 11.8. The van der Waals surface area contributed by atoms with Crippen LogP contribution in [0.25, 0.3) is 0 Å². The van der Waals surface area contributed by atoms with Crippen LogP contribution in [0.5, 0.6) is 0 Å². The third-order valence-electron chi connectivity index (χ3n) is 3.53. The van der Waals surface area contributed by atoms with Gasteiger partial charge in [-0.15, -0.1) is 0 Å². The van der Waals surface area contributed by atoms with Gasteiger partial charge in [0.2, 0.25) is 0 Å². The molecule has 0 saturated carbocycles. The second kappa shape index (κ2) is 6.76. The van der Waals surface area contributed by atoms with Crippen molar-refractivity contribution < 1.29 is 0 Å². The van der Waals surface area contributed by atoms with Crippen LogP contribution >= 0.6 is 11.6 Å². The summed E-state index contributed by atoms with van der Waals surface area (Å²) in [7, 11) is 1.58. The highest BCUT2D eigenvalue weighted by Crippen LogP contribution is 2.18. The molecule has 0 aliphatic rings. The molecule has 0 bridgehead atoms. The van der Waals surface area contributed by atoms with E-state index in [2.05, 4.69) is 48.5 Å². The molecule has 0 saturated heterocycles. The molecule has 5 heteroatoms. The predicted octanol–water partition coefficient (Wildman–Crippen LogP) is 3.18. The lowest BCUT2D eigenvalue weighted by atomic mass is 10.0. The molecule has 1 aromatic heterocycles. The van der Waals surface area contributed by atoms with Crippen molar-refractivity contribution in [1.82, 2.24) is 9.78 Å². The molecule has 4 nitrogen and oxygen atoms in total. The Morgan fingerprint density at radius 3 is 2.62 bits per heavy atom. The molecule has 1 atom stereocenters. The minimum atomic E-state index is -0.285. The first-order chi connectivity index (χ1) is 10.0. The number of hydrogen-bond acceptors (Lipinski definition) is 3. The molecule has 21 heavy (non-hydrogen) atoms. The number of benzene rings is 1. The monoisotopic (exact) mass is 305 g/mol. The summed E-state index contributed by atoms with van der Waals surface area (Å²) in [5.74, 6) is 0. The fourth-order valence-electron chi connectivity index (χ4n) is 2.14. The first kappa shape index (κ1) is 15.6. The van der Waals surface area contributed by atoms with Gasteiger partial charge in [-0.05, 0) is 25.3 Å². The molecule has 1 N–H and O–H groups in total. The number of hydrogen-bond donors (Lipinski definition) is 1. The molecule has 0 aliphatic heterocycles. The van der Waals surface area contributed by atoms with Crippen LogP contribution in [0, 0.1) is 6.92 Å². The maximum absolute atomic E-state index is 11.8. The smallest absolute Gasteiger partial charge is 0.287 e. The van der Waals surface area contributed by atoms with E-state index in [9.17, 15) is 4.79 Å². The van der Waals surface area contributed by atoms with Gasteiger partial charge in [-0.1, -0.05) is 48.4 Å². The Labute approximate surface area is 129 Å². The summed E-state index contributed by atoms with van der Waals surface area (Å²) in [5.41, 5.74) is 2.82. The molecule has 2 aromatic rings. The number of nitrogens with one attached hydrogen (secondary N) is 1. The Kier molecular flexibility index (Phi) is 5.02. The number of rotatable bonds is 5. The van der Waals surface area contributed by atoms with Crippen molar-refractivity contribution in [3.63, 3.8) is 0 Å². The van der Waals surface area contributed by atoms with Gasteiger partial charge in [0.25, 0.3) is 5.56 Å². The summed E-state index contributed by atoms with van der Waals surface area (Å²) < 4.78 is 1.23. The molecule has 0 aliphatic carbocycles. The topological polar surface area (TPSA) is 46.9 Å². The molecular formula is C16H20ClN3O. The maximum Gasteiger partial charge on any atom is 0.287 e. The lowest BCUT2D eigenvalue weighted by Gasteiger charge is -2.19. The van der Waals surface area contributed by atoms with Gasteiger partial charge in [0.15, 0.2) is 0 Å². The van der Waals surface area contributed by atoms with E-state index in [1.54, 1.807) is 13.2 Å². The van der Waals surface area contributed by atoms with Gasteiger partial charge in [0.1, 0.15) is 5.02 Å². The first-order valence-electron chi connectivity index (χ1n) is 7.05. The SMILES string of the molecule is CCC(Cc1ccc(C)cc1)Nc1cnn(C)c(=O)c1Cl. The number of nitrogens with zero attached hydrogens (tertiary/aromatic N) is 2. The molecule has 1 heterocycles. The van der Waals surface area contributed by atoms with E-state index < -0.39 is 0 Å². The summed E-state index contributed by atoms with van der Waals surface area (Å²) in [5, 5.41) is 7.51. The summed E-state index contributed by atoms with van der Waals surface area (Å²) in [6.07, 6.45) is 3.41. The highest BCUT2D eigenvalue weighted by Gasteiger charge is 2.12. The van der Waals surface area contributed by atoms with E-state index in [0.29, 0.717) is 5.69 Å². The molecule has 0 fully saturated rings. The van der Waals surface area contributed by atoms with E-state index in [1.165, 1.54) is 15.8 Å². The molecule has 112 valence electrons. The fourth-order valence-corrected chi connectivity index (χ4v) is 2.36. The summed E-state index contributed by atoms with van der Waals surface area (Å²) in [6.45, 7) is 4.18. The predicted molar refractivity (Wildman–Crippen MR) is 87.1 cm³/mol. The van der Waals surface area contributed by atoms with Crippen LogP contribution in [0.4, 0.5) is 5.69 Å². The Hall–Kier alpha value is -1.81. The van der Waals surface area contributed by atoms with Crippen LogP contribution in [0.15, 0.2) is 35.3 Å². The van der Waals surface area contributed by atoms with Crippen LogP contribution in [-0.4, -0.2) is 15.8 Å². The molecule has 0 radical (unpaired) electrons. The van der Waals surface area contributed by atoms with E-state index in [1.807, 2.05) is 0 Å². The molecule has 0 spiro atoms. The van der Waals surface area contributed by atoms with E-state index >= 15 is 0 Å². The van der Waals surface area contributed by atoms with E-state index in [-0.39, 0.29) is 16.6 Å². The Morgan fingerprint density at radius 1 is 1.33 bits per heavy atom. The lowest BCUT2D eigenvalue weighted by molar-refractivity contribution is 0.678. The van der Waals surface area contributed by atoms with Crippen molar-refractivity contribution >= 4 is 17.3 Å². The third kappa shape index (κ3) is 3.85. The van der Waals surface area contributed by atoms with E-state index in [0.717, 1.165) is 12.8 Å². The highest BCUT2D eigenvalue weighted by molar-refractivity contribution is 6.32. The zero-order chi connectivity index (χ0) is 15.4. The average Bonchev–Trinajstić information content (AvgIpc) is 2.49. The fraction of sp³-hybridized carbons (Fsp3) is 0.375. The number of aryl methyl sites for hydroxylation is 2. The first-order valence-corrected chi connectivity index (χ1v) is 7.43. The Bertz CT molecular complexity index is 664. The molecular weight excluding hydrogens is 286 g/mol. The quantitative estimate of drug-likeness (QED) is 0.923. The summed E-state index contributed by atoms with van der Waals surface area (Å²) in [6, 6.07) is 8.68. The van der Waals surface area contributed by atoms with Gasteiger partial charge in [0.05, 0.1) is 11.9 Å². The van der Waals surface area contributed by atoms with Crippen molar-refractivity contribution in [1.29, 1.82) is 0 Å². The van der Waals surface area contributed by atoms with Gasteiger partial charge >= 0.3 is 0 Å². The number of anilines is 1. The number of aromatic nitrogens is 2. The van der Waals surface area contributed by atoms with Gasteiger partial charge in [0, 0.05) is 13.1 Å². The van der Waals surface area contributed by atoms with Crippen molar-refractivity contribution in [2.45, 2.75) is 32.7 Å². The van der Waals surface area contributed by atoms with Crippen molar-refractivity contribution in [2.24, 2.45) is 7.05 Å². The van der Waals surface area contributed by atoms with Crippen LogP contribution in [0.1, 0.15) is 24.5 Å². The second-order valence-corrected chi connectivity index (χ2v) is 5.62. The standard InChI is InChI=1S/C16H20ClN3O/c1-4-13(9-12-7-5-11(2)6-8-12)19-14-10-18-20(3)16(21)15(14)17/h5-8,10,13,19H,4,9H2,1-3H3. The molecule has 1 unspecified atom stereocenters. The summed E-state index contributed by atoms with van der Waals surface area (Å²) >= 11 is 6.09. The zero-order valence-corrected chi connectivity index (χ0v) is 13.3. The van der Waals surface area contributed by atoms with Crippen molar-refractivity contribution in [2.75, 3.05) is 5.32 Å². The minimum Gasteiger partial charge on any atom is -0.379 e. The highest BCUT2D eigenvalue weighted by atomic mass is 35.5. The van der Waals surface area contributed by atoms with Gasteiger partial charge in [-0.2, -0.15) is 5.10 Å². The van der Waals surface area contributed by atoms with Gasteiger partial charge in [-0.25, -0.2) is 4.68 Å². The Balaban J connectivity index is 2.14. The van der Waals surface area contributed by atoms with Gasteiger partial charge < -0.3 is 5.32 Å². The molecule has 0 amide bonds. The Morgan fingerprint density at radius 2 is 2.00 bits per heavy atom. The van der Waals surface area contributed by atoms with Crippen molar-refractivity contribution in [3.8, 4) is 0 Å². The lowest BCUT2D eigenvalue weighted by Crippen LogP contribution is -2.26. The summed E-state index contributed by atoms with van der Waals surface area (Å²) in [4.78, 5) is 11.8. The number of halogens is 1. The van der Waals surface area contributed by atoms with Crippen LogP contribution < -0.4 is 10.9 Å². The van der Waals surface area contributed by atoms with E-state index in [4.69, 9.17) is 11.6 Å². The molecule has 2 rings (SSSR count). The van der Waals surface area contributed by atoms with Crippen LogP contribution in [0.3, 0.4) is 0 Å².